The van der Waals surface area contributed by atoms with Crippen LogP contribution in [0.2, 0.25) is 0 Å². The van der Waals surface area contributed by atoms with Gasteiger partial charge in [0, 0.05) is 5.69 Å². The van der Waals surface area contributed by atoms with Gasteiger partial charge in [0.25, 0.3) is 0 Å². The van der Waals surface area contributed by atoms with E-state index in [-0.39, 0.29) is 0 Å². The van der Waals surface area contributed by atoms with Crippen LogP contribution in [0.3, 0.4) is 0 Å². The lowest BCUT2D eigenvalue weighted by atomic mass is 10.3. The molecule has 0 saturated heterocycles. The van der Waals surface area contributed by atoms with E-state index in [9.17, 15) is 0 Å². The van der Waals surface area contributed by atoms with Crippen molar-refractivity contribution in [2.45, 2.75) is 0 Å². The highest BCUT2D eigenvalue weighted by atomic mass is 32.4. The first-order valence-corrected chi connectivity index (χ1v) is 5.61. The second kappa shape index (κ2) is 3.71. The Balaban J connectivity index is 2.67. The summed E-state index contributed by atoms with van der Waals surface area (Å²) in [5.74, 6) is 0. The molecule has 2 nitrogen and oxygen atoms in total. The van der Waals surface area contributed by atoms with Crippen LogP contribution in [0.15, 0.2) is 30.3 Å². The maximum atomic E-state index is 5.43. The van der Waals surface area contributed by atoms with Crippen LogP contribution in [-0.2, 0) is 11.8 Å². The van der Waals surface area contributed by atoms with E-state index in [4.69, 9.17) is 17.3 Å². The number of para-hydroxylation sites is 1. The van der Waals surface area contributed by atoms with E-state index < -0.39 is 7.00 Å². The van der Waals surface area contributed by atoms with Crippen molar-refractivity contribution in [1.29, 1.82) is 0 Å². The van der Waals surface area contributed by atoms with Crippen molar-refractivity contribution in [2.24, 2.45) is 5.50 Å². The van der Waals surface area contributed by atoms with Crippen LogP contribution >= 0.6 is 7.00 Å². The number of rotatable bonds is 2. The highest BCUT2D eigenvalue weighted by molar-refractivity contribution is 8.04. The highest BCUT2D eigenvalue weighted by Crippen LogP contribution is 2.15. The number of hydrogen-bond donors (Lipinski definition) is 2. The zero-order chi connectivity index (χ0) is 7.40. The van der Waals surface area contributed by atoms with E-state index in [1.165, 1.54) is 0 Å². The van der Waals surface area contributed by atoms with Crippen LogP contribution in [-0.4, -0.2) is 0 Å². The fraction of sp³-hybridized carbons (Fsp3) is 0. The fourth-order valence-corrected chi connectivity index (χ4v) is 1.47. The zero-order valence-corrected chi connectivity index (χ0v) is 7.19. The van der Waals surface area contributed by atoms with Gasteiger partial charge < -0.3 is 5.09 Å². The molecule has 3 N–H and O–H groups in total. The van der Waals surface area contributed by atoms with Gasteiger partial charge in [-0.15, -0.1) is 0 Å². The number of anilines is 1. The van der Waals surface area contributed by atoms with Gasteiger partial charge in [0.2, 0.25) is 0 Å². The largest absolute Gasteiger partial charge is 0.349 e. The van der Waals surface area contributed by atoms with Crippen LogP contribution in [0.25, 0.3) is 0 Å². The van der Waals surface area contributed by atoms with Crippen molar-refractivity contribution in [2.75, 3.05) is 5.09 Å². The Morgan fingerprint density at radius 1 is 1.30 bits per heavy atom. The molecule has 1 aromatic carbocycles. The lowest BCUT2D eigenvalue weighted by molar-refractivity contribution is 1.67. The van der Waals surface area contributed by atoms with Crippen molar-refractivity contribution < 1.29 is 0 Å². The number of hydrogen-bond acceptors (Lipinski definition) is 1. The molecule has 1 aromatic rings. The molecule has 1 unspecified atom stereocenters. The third-order valence-electron chi connectivity index (χ3n) is 1.04. The van der Waals surface area contributed by atoms with Gasteiger partial charge in [0.05, 0.1) is 7.00 Å². The van der Waals surface area contributed by atoms with Crippen molar-refractivity contribution in [3.8, 4) is 0 Å². The van der Waals surface area contributed by atoms with Gasteiger partial charge in [-0.05, 0) is 12.1 Å². The predicted molar refractivity (Wildman–Crippen MR) is 49.9 cm³/mol. The Labute approximate surface area is 66.0 Å². The zero-order valence-electron chi connectivity index (χ0n) is 5.37. The second-order valence-corrected chi connectivity index (χ2v) is 4.15. The maximum absolute atomic E-state index is 5.43. The molecule has 0 amide bonds. The topological polar surface area (TPSA) is 38.0 Å². The van der Waals surface area contributed by atoms with E-state index in [2.05, 4.69) is 5.09 Å². The van der Waals surface area contributed by atoms with Gasteiger partial charge in [0.1, 0.15) is 0 Å². The molecule has 54 valence electrons. The minimum Gasteiger partial charge on any atom is -0.349 e. The maximum Gasteiger partial charge on any atom is 0.0802 e. The van der Waals surface area contributed by atoms with Crippen molar-refractivity contribution in [1.82, 2.24) is 0 Å². The normalized spacial score (nSPS) is 12.5. The molecular weight excluding hydrogens is 163 g/mol. The van der Waals surface area contributed by atoms with Crippen LogP contribution in [0.1, 0.15) is 0 Å². The monoisotopic (exact) mass is 172 g/mol. The van der Waals surface area contributed by atoms with Gasteiger partial charge >= 0.3 is 0 Å². The van der Waals surface area contributed by atoms with Crippen molar-refractivity contribution in [3.63, 3.8) is 0 Å². The lowest BCUT2D eigenvalue weighted by Crippen LogP contribution is -1.90. The Bertz CT molecular complexity index is 224. The molecule has 0 aromatic heterocycles. The summed E-state index contributed by atoms with van der Waals surface area (Å²) in [6, 6.07) is 9.75. The summed E-state index contributed by atoms with van der Waals surface area (Å²) in [5, 5.41) is 3.00. The molecule has 0 saturated carbocycles. The van der Waals surface area contributed by atoms with Crippen LogP contribution < -0.4 is 10.6 Å². The summed E-state index contributed by atoms with van der Waals surface area (Å²) in [6.07, 6.45) is 0. The molecule has 0 bridgehead atoms. The summed E-state index contributed by atoms with van der Waals surface area (Å²) in [4.78, 5) is 0. The molecular formula is C6H9N2PS. The molecule has 0 heterocycles. The lowest BCUT2D eigenvalue weighted by Gasteiger charge is -2.02. The molecule has 0 aliphatic rings. The summed E-state index contributed by atoms with van der Waals surface area (Å²) in [7, 11) is 0. The Kier molecular flexibility index (Phi) is 2.87. The molecule has 1 rings (SSSR count). The Morgan fingerprint density at radius 2 is 1.90 bits per heavy atom. The van der Waals surface area contributed by atoms with E-state index in [1.54, 1.807) is 0 Å². The number of benzene rings is 1. The van der Waals surface area contributed by atoms with Crippen LogP contribution in [0, 0.1) is 0 Å². The predicted octanol–water partition coefficient (Wildman–Crippen LogP) is 1.56. The number of nitrogens with one attached hydrogen (secondary N) is 1. The fourth-order valence-electron chi connectivity index (χ4n) is 0.664. The molecule has 1 atom stereocenters. The molecule has 10 heavy (non-hydrogen) atoms. The molecule has 4 heteroatoms. The first-order chi connectivity index (χ1) is 4.79. The minimum absolute atomic E-state index is 1.01. The summed E-state index contributed by atoms with van der Waals surface area (Å²) < 4.78 is 0. The van der Waals surface area contributed by atoms with E-state index in [0.29, 0.717) is 0 Å². The van der Waals surface area contributed by atoms with Crippen LogP contribution in [0.4, 0.5) is 5.69 Å². The first kappa shape index (κ1) is 7.73. The second-order valence-electron chi connectivity index (χ2n) is 1.86. The molecule has 0 aliphatic heterocycles. The molecule has 0 aliphatic carbocycles. The standard InChI is InChI=1S/C6H9N2PS/c7-9(10)8-6-4-2-1-3-5-6/h1-5,9H,(H3,7,8,10). The summed E-state index contributed by atoms with van der Waals surface area (Å²) >= 11 is 4.83. The third kappa shape index (κ3) is 2.48. The quantitative estimate of drug-likeness (QED) is 0.665. The van der Waals surface area contributed by atoms with E-state index >= 15 is 0 Å². The van der Waals surface area contributed by atoms with Crippen molar-refractivity contribution >= 4 is 24.5 Å². The van der Waals surface area contributed by atoms with Gasteiger partial charge in [-0.3, -0.25) is 5.50 Å². The molecule has 0 spiro atoms. The average Bonchev–Trinajstić information content (AvgIpc) is 1.88. The average molecular weight is 172 g/mol. The van der Waals surface area contributed by atoms with Gasteiger partial charge in [-0.1, -0.05) is 30.0 Å². The SMILES string of the molecule is N[PH](=S)Nc1ccccc1. The summed E-state index contributed by atoms with van der Waals surface area (Å²) in [6.45, 7) is -1.25. The number of nitrogens with two attached hydrogens (primary N) is 1. The van der Waals surface area contributed by atoms with Crippen molar-refractivity contribution in [3.05, 3.63) is 30.3 Å². The molecule has 0 radical (unpaired) electrons. The van der Waals surface area contributed by atoms with E-state index in [1.807, 2.05) is 30.3 Å². The minimum atomic E-state index is -1.25. The third-order valence-corrected chi connectivity index (χ3v) is 1.88. The Morgan fingerprint density at radius 3 is 2.40 bits per heavy atom. The van der Waals surface area contributed by atoms with Crippen LogP contribution in [0.5, 0.6) is 0 Å². The summed E-state index contributed by atoms with van der Waals surface area (Å²) in [5.41, 5.74) is 6.44. The van der Waals surface area contributed by atoms with Gasteiger partial charge in [-0.2, -0.15) is 0 Å². The smallest absolute Gasteiger partial charge is 0.0802 e. The van der Waals surface area contributed by atoms with Gasteiger partial charge in [-0.25, -0.2) is 0 Å². The van der Waals surface area contributed by atoms with Gasteiger partial charge in [0.15, 0.2) is 0 Å². The first-order valence-electron chi connectivity index (χ1n) is 2.90. The van der Waals surface area contributed by atoms with E-state index in [0.717, 1.165) is 5.69 Å². The molecule has 0 fully saturated rings. The highest BCUT2D eigenvalue weighted by Gasteiger charge is 1.85. The Hall–Kier alpha value is -0.370.